The number of nitrogens with zero attached hydrogens (tertiary/aromatic N) is 2. The number of primary sulfonamides is 1. The third-order valence-corrected chi connectivity index (χ3v) is 9.87. The molecule has 13 heteroatoms. The summed E-state index contributed by atoms with van der Waals surface area (Å²) < 4.78 is 76.3. The fraction of sp³-hybridized carbons (Fsp3) is 0. The van der Waals surface area contributed by atoms with E-state index in [0.29, 0.717) is 23.2 Å². The Bertz CT molecular complexity index is 1560. The second kappa shape index (κ2) is 6.75. The minimum absolute atomic E-state index is 0.102. The first-order valence-corrected chi connectivity index (χ1v) is 12.9. The van der Waals surface area contributed by atoms with Crippen LogP contribution >= 0.6 is 11.6 Å². The molecule has 1 heterocycles. The highest BCUT2D eigenvalue weighted by atomic mass is 35.5. The van der Waals surface area contributed by atoms with Crippen molar-refractivity contribution in [3.05, 3.63) is 59.6 Å². The molecular weight excluding hydrogens is 474 g/mol. The van der Waals surface area contributed by atoms with Crippen LogP contribution in [-0.2, 0) is 30.1 Å². The highest BCUT2D eigenvalue weighted by molar-refractivity contribution is 8.05. The standard InChI is InChI=1S/C17H12ClN3O6S3/c18-13-8-14-17(9-16(13)28(19,22)23)30(26,27)21(10-20-14)29(24,25)15-7-3-5-11-4-1-2-6-12(11)15/h1-10H,(H2,19,22,23). The fourth-order valence-corrected chi connectivity index (χ4v) is 7.80. The molecule has 0 spiro atoms. The zero-order chi connectivity index (χ0) is 21.9. The predicted molar refractivity (Wildman–Crippen MR) is 111 cm³/mol. The fourth-order valence-electron chi connectivity index (χ4n) is 3.03. The van der Waals surface area contributed by atoms with Gasteiger partial charge in [-0.3, -0.25) is 0 Å². The van der Waals surface area contributed by atoms with Gasteiger partial charge in [-0.15, -0.1) is 3.71 Å². The predicted octanol–water partition coefficient (Wildman–Crippen LogP) is 2.19. The van der Waals surface area contributed by atoms with E-state index in [0.717, 1.165) is 6.07 Å². The minimum atomic E-state index is -4.74. The van der Waals surface area contributed by atoms with E-state index in [4.69, 9.17) is 16.7 Å². The van der Waals surface area contributed by atoms with Crippen LogP contribution in [0.3, 0.4) is 0 Å². The normalized spacial score (nSPS) is 15.9. The summed E-state index contributed by atoms with van der Waals surface area (Å²) in [7, 11) is -13.7. The van der Waals surface area contributed by atoms with E-state index in [1.165, 1.54) is 12.1 Å². The molecular formula is C17H12ClN3O6S3. The molecule has 1 aliphatic heterocycles. The van der Waals surface area contributed by atoms with Gasteiger partial charge in [0.25, 0.3) is 20.0 Å². The Labute approximate surface area is 177 Å². The second-order valence-electron chi connectivity index (χ2n) is 6.25. The molecule has 0 radical (unpaired) electrons. The van der Waals surface area contributed by atoms with Crippen LogP contribution < -0.4 is 5.14 Å². The van der Waals surface area contributed by atoms with Gasteiger partial charge in [-0.1, -0.05) is 48.0 Å². The minimum Gasteiger partial charge on any atom is -0.236 e. The van der Waals surface area contributed by atoms with Crippen molar-refractivity contribution >= 4 is 64.5 Å². The molecule has 0 unspecified atom stereocenters. The van der Waals surface area contributed by atoms with Crippen molar-refractivity contribution in [1.29, 1.82) is 0 Å². The lowest BCUT2D eigenvalue weighted by Crippen LogP contribution is -2.37. The molecule has 30 heavy (non-hydrogen) atoms. The molecule has 3 aromatic rings. The summed E-state index contributed by atoms with van der Waals surface area (Å²) in [6.07, 6.45) is 0.641. The number of hydrogen-bond donors (Lipinski definition) is 1. The van der Waals surface area contributed by atoms with Gasteiger partial charge in [0.15, 0.2) is 0 Å². The largest absolute Gasteiger partial charge is 0.280 e. The molecule has 2 N–H and O–H groups in total. The van der Waals surface area contributed by atoms with Gasteiger partial charge >= 0.3 is 0 Å². The second-order valence-corrected chi connectivity index (χ2v) is 12.0. The summed E-state index contributed by atoms with van der Waals surface area (Å²) >= 11 is 5.87. The van der Waals surface area contributed by atoms with Gasteiger partial charge in [0, 0.05) is 5.39 Å². The summed E-state index contributed by atoms with van der Waals surface area (Å²) in [4.78, 5) is 2.29. The number of hydrogen-bond acceptors (Lipinski definition) is 7. The lowest BCUT2D eigenvalue weighted by molar-refractivity contribution is 0.547. The monoisotopic (exact) mass is 485 g/mol. The first-order valence-electron chi connectivity index (χ1n) is 8.12. The maximum Gasteiger partial charge on any atom is 0.280 e. The van der Waals surface area contributed by atoms with Gasteiger partial charge in [-0.2, -0.15) is 16.8 Å². The van der Waals surface area contributed by atoms with Gasteiger partial charge in [0.2, 0.25) is 10.0 Å². The molecule has 0 fully saturated rings. The molecule has 0 bridgehead atoms. The number of halogens is 1. The molecule has 156 valence electrons. The molecule has 0 saturated carbocycles. The molecule has 4 rings (SSSR count). The van der Waals surface area contributed by atoms with E-state index in [2.05, 4.69) is 4.99 Å². The molecule has 0 saturated heterocycles. The highest BCUT2D eigenvalue weighted by Crippen LogP contribution is 2.39. The van der Waals surface area contributed by atoms with Crippen LogP contribution in [0.5, 0.6) is 0 Å². The van der Waals surface area contributed by atoms with Gasteiger partial charge in [0.05, 0.1) is 15.6 Å². The molecule has 0 aromatic heterocycles. The van der Waals surface area contributed by atoms with Crippen molar-refractivity contribution in [2.75, 3.05) is 0 Å². The van der Waals surface area contributed by atoms with Crippen molar-refractivity contribution in [3.8, 4) is 0 Å². The van der Waals surface area contributed by atoms with E-state index in [1.54, 1.807) is 30.3 Å². The van der Waals surface area contributed by atoms with E-state index in [1.807, 2.05) is 0 Å². The maximum atomic E-state index is 13.3. The smallest absolute Gasteiger partial charge is 0.236 e. The average Bonchev–Trinajstić information content (AvgIpc) is 2.65. The van der Waals surface area contributed by atoms with Crippen LogP contribution in [-0.4, -0.2) is 35.3 Å². The first-order chi connectivity index (χ1) is 13.9. The zero-order valence-corrected chi connectivity index (χ0v) is 18.0. The van der Waals surface area contributed by atoms with Crippen LogP contribution in [0.1, 0.15) is 0 Å². The third kappa shape index (κ3) is 3.17. The lowest BCUT2D eigenvalue weighted by Gasteiger charge is -2.24. The number of nitrogens with two attached hydrogens (primary N) is 1. The van der Waals surface area contributed by atoms with Crippen LogP contribution in [0.4, 0.5) is 5.69 Å². The molecule has 0 aliphatic carbocycles. The van der Waals surface area contributed by atoms with Crippen molar-refractivity contribution < 1.29 is 25.3 Å². The molecule has 0 atom stereocenters. The van der Waals surface area contributed by atoms with Crippen molar-refractivity contribution in [3.63, 3.8) is 0 Å². The van der Waals surface area contributed by atoms with Crippen LogP contribution in [0.15, 0.2) is 74.3 Å². The number of aliphatic imine (C=N–C) groups is 1. The maximum absolute atomic E-state index is 13.3. The quantitative estimate of drug-likeness (QED) is 0.602. The van der Waals surface area contributed by atoms with Crippen LogP contribution in [0, 0.1) is 0 Å². The Morgan fingerprint density at radius 2 is 1.60 bits per heavy atom. The van der Waals surface area contributed by atoms with E-state index in [-0.39, 0.29) is 19.3 Å². The summed E-state index contributed by atoms with van der Waals surface area (Å²) in [5.74, 6) is 0. The summed E-state index contributed by atoms with van der Waals surface area (Å²) in [6, 6.07) is 12.7. The Morgan fingerprint density at radius 1 is 0.933 bits per heavy atom. The highest BCUT2D eigenvalue weighted by Gasteiger charge is 2.40. The molecule has 0 amide bonds. The lowest BCUT2D eigenvalue weighted by atomic mass is 10.1. The number of fused-ring (bicyclic) bond motifs is 2. The SMILES string of the molecule is NS(=O)(=O)c1cc2c(cc1Cl)N=CN(S(=O)(=O)c1cccc3ccccc13)S2(=O)=O. The molecule has 9 nitrogen and oxygen atoms in total. The van der Waals surface area contributed by atoms with E-state index in [9.17, 15) is 25.3 Å². The van der Waals surface area contributed by atoms with Crippen molar-refractivity contribution in [1.82, 2.24) is 3.71 Å². The third-order valence-electron chi connectivity index (χ3n) is 4.39. The summed E-state index contributed by atoms with van der Waals surface area (Å²) in [6.45, 7) is 0. The Morgan fingerprint density at radius 3 is 2.30 bits per heavy atom. The van der Waals surface area contributed by atoms with Gasteiger partial charge in [-0.25, -0.2) is 18.5 Å². The number of benzene rings is 3. The van der Waals surface area contributed by atoms with Crippen molar-refractivity contribution in [2.24, 2.45) is 10.1 Å². The zero-order valence-electron chi connectivity index (χ0n) is 14.8. The Hall–Kier alpha value is -2.51. The Balaban J connectivity index is 1.95. The topological polar surface area (TPSA) is 144 Å². The van der Waals surface area contributed by atoms with E-state index < -0.39 is 39.9 Å². The van der Waals surface area contributed by atoms with Crippen LogP contribution in [0.25, 0.3) is 10.8 Å². The molecule has 1 aliphatic rings. The van der Waals surface area contributed by atoms with Gasteiger partial charge in [0.1, 0.15) is 16.1 Å². The first kappa shape index (κ1) is 20.8. The number of rotatable bonds is 3. The number of sulfonamides is 3. The van der Waals surface area contributed by atoms with E-state index >= 15 is 0 Å². The Kier molecular flexibility index (Phi) is 4.67. The van der Waals surface area contributed by atoms with Gasteiger partial charge in [-0.05, 0) is 23.6 Å². The van der Waals surface area contributed by atoms with Gasteiger partial charge < -0.3 is 0 Å². The van der Waals surface area contributed by atoms with Crippen molar-refractivity contribution in [2.45, 2.75) is 14.7 Å². The van der Waals surface area contributed by atoms with Crippen LogP contribution in [0.2, 0.25) is 5.02 Å². The summed E-state index contributed by atoms with van der Waals surface area (Å²) in [5.41, 5.74) is -0.211. The summed E-state index contributed by atoms with van der Waals surface area (Å²) in [5, 5.41) is 5.64. The average molecular weight is 486 g/mol. The molecule has 3 aromatic carbocycles.